The van der Waals surface area contributed by atoms with Crippen molar-refractivity contribution in [2.24, 2.45) is 5.92 Å². The van der Waals surface area contributed by atoms with Gasteiger partial charge in [0.05, 0.1) is 0 Å². The third-order valence-electron chi connectivity index (χ3n) is 4.38. The molecular weight excluding hydrogens is 499 g/mol. The van der Waals surface area contributed by atoms with Crippen molar-refractivity contribution in [1.29, 1.82) is 0 Å². The van der Waals surface area contributed by atoms with E-state index >= 15 is 0 Å². The van der Waals surface area contributed by atoms with Crippen molar-refractivity contribution < 1.29 is 24.2 Å². The number of carbonyl (C=O) groups excluding carboxylic acids is 2. The summed E-state index contributed by atoms with van der Waals surface area (Å²) in [6.07, 6.45) is -0.599. The van der Waals surface area contributed by atoms with Gasteiger partial charge in [0.1, 0.15) is 18.7 Å². The first-order valence-electron chi connectivity index (χ1n) is 9.51. The van der Waals surface area contributed by atoms with Gasteiger partial charge in [-0.3, -0.25) is 4.79 Å². The predicted octanol–water partition coefficient (Wildman–Crippen LogP) is 3.35. The molecule has 160 valence electrons. The number of carboxylic acids is 1. The molecule has 2 atom stereocenters. The molecule has 0 aliphatic heterocycles. The van der Waals surface area contributed by atoms with E-state index in [1.54, 1.807) is 13.8 Å². The number of carboxylic acid groups (broad SMARTS) is 1. The smallest absolute Gasteiger partial charge is 0.408 e. The van der Waals surface area contributed by atoms with Crippen LogP contribution in [0.2, 0.25) is 0 Å². The lowest BCUT2D eigenvalue weighted by atomic mass is 10.0. The molecule has 0 fully saturated rings. The van der Waals surface area contributed by atoms with Crippen LogP contribution < -0.4 is 10.6 Å². The summed E-state index contributed by atoms with van der Waals surface area (Å²) in [5.41, 5.74) is 1.62. The van der Waals surface area contributed by atoms with E-state index in [1.807, 2.05) is 54.6 Å². The van der Waals surface area contributed by atoms with Crippen LogP contribution >= 0.6 is 22.6 Å². The van der Waals surface area contributed by atoms with Crippen molar-refractivity contribution in [3.63, 3.8) is 0 Å². The Morgan fingerprint density at radius 2 is 1.67 bits per heavy atom. The first-order valence-corrected chi connectivity index (χ1v) is 10.6. The Labute approximate surface area is 189 Å². The van der Waals surface area contributed by atoms with Crippen molar-refractivity contribution >= 4 is 40.6 Å². The van der Waals surface area contributed by atoms with Crippen LogP contribution in [0.3, 0.4) is 0 Å². The maximum atomic E-state index is 12.7. The van der Waals surface area contributed by atoms with Gasteiger partial charge in [0, 0.05) is 9.99 Å². The van der Waals surface area contributed by atoms with Crippen LogP contribution in [-0.2, 0) is 27.4 Å². The monoisotopic (exact) mass is 524 g/mol. The summed E-state index contributed by atoms with van der Waals surface area (Å²) in [4.78, 5) is 36.5. The second-order valence-corrected chi connectivity index (χ2v) is 8.41. The second kappa shape index (κ2) is 11.5. The van der Waals surface area contributed by atoms with Crippen molar-refractivity contribution in [2.45, 2.75) is 39.0 Å². The molecule has 0 heterocycles. The van der Waals surface area contributed by atoms with E-state index in [4.69, 9.17) is 4.74 Å². The van der Waals surface area contributed by atoms with Gasteiger partial charge in [0.2, 0.25) is 5.91 Å². The fraction of sp³-hybridized carbons (Fsp3) is 0.318. The van der Waals surface area contributed by atoms with Gasteiger partial charge in [-0.05, 0) is 51.8 Å². The van der Waals surface area contributed by atoms with Gasteiger partial charge in [-0.25, -0.2) is 9.59 Å². The quantitative estimate of drug-likeness (QED) is 0.437. The Hall–Kier alpha value is -2.62. The molecule has 0 aliphatic carbocycles. The molecule has 8 heteroatoms. The summed E-state index contributed by atoms with van der Waals surface area (Å²) < 4.78 is 6.15. The molecule has 3 N–H and O–H groups in total. The first-order chi connectivity index (χ1) is 14.3. The highest BCUT2D eigenvalue weighted by Gasteiger charge is 2.29. The number of amides is 2. The molecule has 0 radical (unpaired) electrons. The van der Waals surface area contributed by atoms with Crippen LogP contribution in [0.25, 0.3) is 0 Å². The van der Waals surface area contributed by atoms with Crippen molar-refractivity contribution in [3.05, 3.63) is 69.3 Å². The van der Waals surface area contributed by atoms with E-state index < -0.39 is 30.1 Å². The summed E-state index contributed by atoms with van der Waals surface area (Å²) in [5, 5.41) is 14.6. The van der Waals surface area contributed by atoms with E-state index in [1.165, 1.54) is 0 Å². The van der Waals surface area contributed by atoms with Crippen LogP contribution in [0.15, 0.2) is 54.6 Å². The Morgan fingerprint density at radius 3 is 2.27 bits per heavy atom. The van der Waals surface area contributed by atoms with Gasteiger partial charge >= 0.3 is 12.1 Å². The number of halogens is 1. The number of alkyl carbamates (subject to hydrolysis) is 1. The van der Waals surface area contributed by atoms with Gasteiger partial charge in [0.25, 0.3) is 0 Å². The number of carbonyl (C=O) groups is 3. The molecule has 2 aromatic rings. The van der Waals surface area contributed by atoms with E-state index in [2.05, 4.69) is 33.2 Å². The highest BCUT2D eigenvalue weighted by Crippen LogP contribution is 2.11. The summed E-state index contributed by atoms with van der Waals surface area (Å²) in [6, 6.07) is 14.5. The SMILES string of the molecule is CC(C)[C@@H](NC(=O)OCc1ccccc1)C(=O)N[C@H](Cc1cccc(I)c1)C(=O)O. The van der Waals surface area contributed by atoms with Crippen LogP contribution in [0, 0.1) is 9.49 Å². The normalized spacial score (nSPS) is 12.7. The maximum Gasteiger partial charge on any atom is 0.408 e. The summed E-state index contributed by atoms with van der Waals surface area (Å²) in [5.74, 6) is -1.97. The Bertz CT molecular complexity index is 873. The molecule has 2 aromatic carbocycles. The van der Waals surface area contributed by atoms with Crippen molar-refractivity contribution in [2.75, 3.05) is 0 Å². The zero-order valence-corrected chi connectivity index (χ0v) is 19.0. The maximum absolute atomic E-state index is 12.7. The fourth-order valence-electron chi connectivity index (χ4n) is 2.79. The highest BCUT2D eigenvalue weighted by atomic mass is 127. The van der Waals surface area contributed by atoms with Gasteiger partial charge in [-0.15, -0.1) is 0 Å². The third kappa shape index (κ3) is 7.66. The molecule has 0 unspecified atom stereocenters. The number of rotatable bonds is 9. The third-order valence-corrected chi connectivity index (χ3v) is 5.05. The van der Waals surface area contributed by atoms with E-state index in [0.29, 0.717) is 0 Å². The summed E-state index contributed by atoms with van der Waals surface area (Å²) >= 11 is 2.14. The van der Waals surface area contributed by atoms with Gasteiger partial charge in [0.15, 0.2) is 0 Å². The Kier molecular flexibility index (Phi) is 9.10. The molecule has 2 amide bonds. The minimum atomic E-state index is -1.14. The lowest BCUT2D eigenvalue weighted by Crippen LogP contribution is -2.54. The fourth-order valence-corrected chi connectivity index (χ4v) is 3.40. The molecule has 2 rings (SSSR count). The molecule has 30 heavy (non-hydrogen) atoms. The Balaban J connectivity index is 1.98. The van der Waals surface area contributed by atoms with Crippen LogP contribution in [0.4, 0.5) is 4.79 Å². The minimum absolute atomic E-state index is 0.0729. The van der Waals surface area contributed by atoms with E-state index in [9.17, 15) is 19.5 Å². The zero-order valence-electron chi connectivity index (χ0n) is 16.8. The molecule has 7 nitrogen and oxygen atoms in total. The number of hydrogen-bond acceptors (Lipinski definition) is 4. The van der Waals surface area contributed by atoms with Gasteiger partial charge in [-0.1, -0.05) is 56.3 Å². The molecule has 0 saturated carbocycles. The van der Waals surface area contributed by atoms with E-state index in [0.717, 1.165) is 14.7 Å². The number of benzene rings is 2. The van der Waals surface area contributed by atoms with Gasteiger partial charge < -0.3 is 20.5 Å². The number of nitrogens with one attached hydrogen (secondary N) is 2. The van der Waals surface area contributed by atoms with Crippen LogP contribution in [0.5, 0.6) is 0 Å². The topological polar surface area (TPSA) is 105 Å². The number of ether oxygens (including phenoxy) is 1. The first kappa shape index (κ1) is 23.7. The summed E-state index contributed by atoms with van der Waals surface area (Å²) in [7, 11) is 0. The average Bonchev–Trinajstić information content (AvgIpc) is 2.70. The summed E-state index contributed by atoms with van der Waals surface area (Å²) in [6.45, 7) is 3.59. The van der Waals surface area contributed by atoms with Crippen molar-refractivity contribution in [3.8, 4) is 0 Å². The molecule has 0 aromatic heterocycles. The standard InChI is InChI=1S/C22H25IN2O5/c1-14(2)19(25-22(29)30-13-15-7-4-3-5-8-15)20(26)24-18(21(27)28)12-16-9-6-10-17(23)11-16/h3-11,14,18-19H,12-13H2,1-2H3,(H,24,26)(H,25,29)(H,27,28)/t18-,19-/m1/s1. The van der Waals surface area contributed by atoms with Gasteiger partial charge in [-0.2, -0.15) is 0 Å². The highest BCUT2D eigenvalue weighted by molar-refractivity contribution is 14.1. The number of hydrogen-bond donors (Lipinski definition) is 3. The van der Waals surface area contributed by atoms with Crippen molar-refractivity contribution in [1.82, 2.24) is 10.6 Å². The largest absolute Gasteiger partial charge is 0.480 e. The molecule has 0 bridgehead atoms. The number of aliphatic carboxylic acids is 1. The molecule has 0 saturated heterocycles. The Morgan fingerprint density at radius 1 is 1.00 bits per heavy atom. The molecule has 0 spiro atoms. The minimum Gasteiger partial charge on any atom is -0.480 e. The second-order valence-electron chi connectivity index (χ2n) is 7.16. The van der Waals surface area contributed by atoms with Crippen LogP contribution in [-0.4, -0.2) is 35.2 Å². The molecular formula is C22H25IN2O5. The zero-order chi connectivity index (χ0) is 22.1. The lowest BCUT2D eigenvalue weighted by molar-refractivity contribution is -0.142. The van der Waals surface area contributed by atoms with E-state index in [-0.39, 0.29) is 18.9 Å². The lowest BCUT2D eigenvalue weighted by Gasteiger charge is -2.24. The average molecular weight is 524 g/mol. The van der Waals surface area contributed by atoms with Crippen LogP contribution in [0.1, 0.15) is 25.0 Å². The molecule has 0 aliphatic rings. The predicted molar refractivity (Wildman–Crippen MR) is 121 cm³/mol.